The summed E-state index contributed by atoms with van der Waals surface area (Å²) in [4.78, 5) is 9.17. The van der Waals surface area contributed by atoms with Gasteiger partial charge in [0, 0.05) is 24.9 Å². The molecule has 8 heteroatoms. The molecule has 0 bridgehead atoms. The summed E-state index contributed by atoms with van der Waals surface area (Å²) in [6, 6.07) is 7.57. The van der Waals surface area contributed by atoms with Crippen LogP contribution in [0.1, 0.15) is 24.5 Å². The van der Waals surface area contributed by atoms with E-state index in [-0.39, 0.29) is 24.0 Å². The second-order valence-electron chi connectivity index (χ2n) is 5.55. The first-order valence-corrected chi connectivity index (χ1v) is 9.85. The molecule has 0 saturated carbocycles. The van der Waals surface area contributed by atoms with Gasteiger partial charge in [-0.1, -0.05) is 6.92 Å². The summed E-state index contributed by atoms with van der Waals surface area (Å²) in [7, 11) is 1.65. The van der Waals surface area contributed by atoms with Crippen LogP contribution in [0.5, 0.6) is 11.5 Å². The monoisotopic (exact) mass is 504 g/mol. The van der Waals surface area contributed by atoms with E-state index < -0.39 is 0 Å². The van der Waals surface area contributed by atoms with E-state index in [9.17, 15) is 0 Å². The van der Waals surface area contributed by atoms with E-state index in [0.29, 0.717) is 19.7 Å². The van der Waals surface area contributed by atoms with Gasteiger partial charge in [-0.05, 0) is 37.6 Å². The number of guanidine groups is 1. The van der Waals surface area contributed by atoms with Crippen molar-refractivity contribution in [1.82, 2.24) is 15.6 Å². The Morgan fingerprint density at radius 3 is 2.52 bits per heavy atom. The minimum absolute atomic E-state index is 0. The Morgan fingerprint density at radius 1 is 1.15 bits per heavy atom. The Bertz CT molecular complexity index is 677. The topological polar surface area (TPSA) is 67.8 Å². The average molecular weight is 504 g/mol. The van der Waals surface area contributed by atoms with Crippen LogP contribution in [0.25, 0.3) is 0 Å². The molecule has 0 aliphatic carbocycles. The maximum Gasteiger partial charge on any atom is 0.191 e. The molecule has 1 heterocycles. The van der Waals surface area contributed by atoms with Crippen molar-refractivity contribution in [2.24, 2.45) is 4.99 Å². The quantitative estimate of drug-likeness (QED) is 0.225. The van der Waals surface area contributed by atoms with Crippen molar-refractivity contribution in [2.75, 3.05) is 33.4 Å². The number of benzene rings is 1. The van der Waals surface area contributed by atoms with Crippen molar-refractivity contribution in [3.63, 3.8) is 0 Å². The summed E-state index contributed by atoms with van der Waals surface area (Å²) in [6.45, 7) is 6.95. The van der Waals surface area contributed by atoms with Gasteiger partial charge in [0.1, 0.15) is 18.1 Å². The van der Waals surface area contributed by atoms with Gasteiger partial charge in [0.05, 0.1) is 24.4 Å². The first-order chi connectivity index (χ1) is 12.7. The summed E-state index contributed by atoms with van der Waals surface area (Å²) in [5.41, 5.74) is 1.12. The van der Waals surface area contributed by atoms with Crippen LogP contribution in [-0.4, -0.2) is 44.3 Å². The first kappa shape index (κ1) is 23.5. The van der Waals surface area contributed by atoms with Gasteiger partial charge in [0.15, 0.2) is 5.96 Å². The molecule has 1 aromatic heterocycles. The fourth-order valence-electron chi connectivity index (χ4n) is 2.26. The van der Waals surface area contributed by atoms with Crippen molar-refractivity contribution in [2.45, 2.75) is 26.7 Å². The highest BCUT2D eigenvalue weighted by Gasteiger charge is 2.01. The van der Waals surface area contributed by atoms with Crippen LogP contribution < -0.4 is 20.1 Å². The molecule has 150 valence electrons. The highest BCUT2D eigenvalue weighted by Crippen LogP contribution is 2.16. The van der Waals surface area contributed by atoms with Gasteiger partial charge in [-0.25, -0.2) is 4.98 Å². The summed E-state index contributed by atoms with van der Waals surface area (Å²) in [6.07, 6.45) is 1.85. The van der Waals surface area contributed by atoms with Crippen molar-refractivity contribution in [3.8, 4) is 11.5 Å². The first-order valence-electron chi connectivity index (χ1n) is 8.97. The third kappa shape index (κ3) is 8.79. The molecule has 1 aromatic carbocycles. The third-order valence-corrected chi connectivity index (χ3v) is 4.65. The maximum atomic E-state index is 5.71. The number of halogens is 1. The van der Waals surface area contributed by atoms with Crippen LogP contribution in [0.4, 0.5) is 0 Å². The zero-order chi connectivity index (χ0) is 18.6. The van der Waals surface area contributed by atoms with E-state index in [1.807, 2.05) is 24.3 Å². The zero-order valence-electron chi connectivity index (χ0n) is 16.2. The summed E-state index contributed by atoms with van der Waals surface area (Å²) in [5.74, 6) is 2.45. The zero-order valence-corrected chi connectivity index (χ0v) is 19.3. The van der Waals surface area contributed by atoms with E-state index in [4.69, 9.17) is 9.47 Å². The molecule has 0 aliphatic rings. The van der Waals surface area contributed by atoms with Crippen molar-refractivity contribution in [1.29, 1.82) is 0 Å². The number of aromatic nitrogens is 1. The lowest BCUT2D eigenvalue weighted by Gasteiger charge is -2.12. The van der Waals surface area contributed by atoms with E-state index in [1.54, 1.807) is 18.4 Å². The second kappa shape index (κ2) is 13.6. The fourth-order valence-corrected chi connectivity index (χ4v) is 3.04. The summed E-state index contributed by atoms with van der Waals surface area (Å²) >= 11 is 1.72. The Morgan fingerprint density at radius 2 is 1.89 bits per heavy atom. The van der Waals surface area contributed by atoms with Gasteiger partial charge in [0.2, 0.25) is 0 Å². The van der Waals surface area contributed by atoms with E-state index in [2.05, 4.69) is 39.8 Å². The van der Waals surface area contributed by atoms with E-state index in [0.717, 1.165) is 42.5 Å². The Labute approximate surface area is 182 Å². The van der Waals surface area contributed by atoms with Crippen LogP contribution >= 0.6 is 35.3 Å². The molecule has 0 spiro atoms. The second-order valence-corrected chi connectivity index (χ2v) is 6.49. The highest BCUT2D eigenvalue weighted by atomic mass is 127. The van der Waals surface area contributed by atoms with Gasteiger partial charge in [-0.15, -0.1) is 35.3 Å². The lowest BCUT2D eigenvalue weighted by atomic mass is 10.3. The Balaban J connectivity index is 0.00000364. The van der Waals surface area contributed by atoms with Crippen molar-refractivity contribution >= 4 is 41.3 Å². The normalized spacial score (nSPS) is 10.9. The molecule has 6 nitrogen and oxygen atoms in total. The summed E-state index contributed by atoms with van der Waals surface area (Å²) in [5, 5.41) is 9.84. The number of thiazole rings is 1. The maximum absolute atomic E-state index is 5.71. The van der Waals surface area contributed by atoms with Crippen molar-refractivity contribution < 1.29 is 9.47 Å². The van der Waals surface area contributed by atoms with E-state index in [1.165, 1.54) is 5.01 Å². The number of aryl methyl sites for hydroxylation is 1. The predicted octanol–water partition coefficient (Wildman–Crippen LogP) is 3.51. The SMILES string of the molecule is CCNC(=NCCc1csc(CC)n1)NCCOc1ccc(OC)cc1.I. The van der Waals surface area contributed by atoms with Crippen LogP contribution in [0.2, 0.25) is 0 Å². The third-order valence-electron chi connectivity index (χ3n) is 3.61. The van der Waals surface area contributed by atoms with Crippen LogP contribution in [0, 0.1) is 0 Å². The van der Waals surface area contributed by atoms with Crippen LogP contribution in [0.15, 0.2) is 34.6 Å². The van der Waals surface area contributed by atoms with E-state index >= 15 is 0 Å². The number of hydrogen-bond donors (Lipinski definition) is 2. The molecule has 0 fully saturated rings. The molecule has 0 unspecified atom stereocenters. The largest absolute Gasteiger partial charge is 0.497 e. The molecule has 0 aliphatic heterocycles. The fraction of sp³-hybridized carbons (Fsp3) is 0.474. The van der Waals surface area contributed by atoms with Gasteiger partial charge in [-0.2, -0.15) is 0 Å². The lowest BCUT2D eigenvalue weighted by molar-refractivity contribution is 0.321. The smallest absolute Gasteiger partial charge is 0.191 e. The predicted molar refractivity (Wildman–Crippen MR) is 123 cm³/mol. The minimum atomic E-state index is 0. The number of nitrogens with zero attached hydrogens (tertiary/aromatic N) is 2. The Kier molecular flexibility index (Phi) is 11.8. The molecular weight excluding hydrogens is 475 g/mol. The number of ether oxygens (including phenoxy) is 2. The number of methoxy groups -OCH3 is 1. The molecule has 2 aromatic rings. The summed E-state index contributed by atoms with van der Waals surface area (Å²) < 4.78 is 10.8. The molecule has 0 atom stereocenters. The van der Waals surface area contributed by atoms with Gasteiger partial charge >= 0.3 is 0 Å². The number of nitrogens with one attached hydrogen (secondary N) is 2. The molecule has 2 rings (SSSR count). The lowest BCUT2D eigenvalue weighted by Crippen LogP contribution is -2.39. The Hall–Kier alpha value is -1.55. The number of aliphatic imine (C=N–C) groups is 1. The van der Waals surface area contributed by atoms with Crippen molar-refractivity contribution in [3.05, 3.63) is 40.3 Å². The molecule has 27 heavy (non-hydrogen) atoms. The standard InChI is InChI=1S/C19H28N4O2S.HI/c1-4-18-23-15(14-26-18)10-11-21-19(20-5-2)22-12-13-25-17-8-6-16(24-3)7-9-17;/h6-9,14H,4-5,10-13H2,1-3H3,(H2,20,21,22);1H. The molecular formula is C19H29IN4O2S. The van der Waals surface area contributed by atoms with Gasteiger partial charge in [0.25, 0.3) is 0 Å². The van der Waals surface area contributed by atoms with Crippen LogP contribution in [-0.2, 0) is 12.8 Å². The molecule has 0 amide bonds. The number of rotatable bonds is 10. The minimum Gasteiger partial charge on any atom is -0.497 e. The average Bonchev–Trinajstić information content (AvgIpc) is 3.13. The van der Waals surface area contributed by atoms with Gasteiger partial charge in [-0.3, -0.25) is 4.99 Å². The molecule has 0 saturated heterocycles. The highest BCUT2D eigenvalue weighted by molar-refractivity contribution is 14.0. The van der Waals surface area contributed by atoms with Gasteiger partial charge < -0.3 is 20.1 Å². The van der Waals surface area contributed by atoms with Crippen LogP contribution in [0.3, 0.4) is 0 Å². The number of hydrogen-bond acceptors (Lipinski definition) is 5. The molecule has 2 N–H and O–H groups in total. The molecule has 0 radical (unpaired) electrons.